The second kappa shape index (κ2) is 9.59. The van der Waals surface area contributed by atoms with E-state index in [1.807, 2.05) is 0 Å². The Morgan fingerprint density at radius 1 is 1.10 bits per heavy atom. The summed E-state index contributed by atoms with van der Waals surface area (Å²) < 4.78 is 4.53. The highest BCUT2D eigenvalue weighted by molar-refractivity contribution is 5.75. The van der Waals surface area contributed by atoms with E-state index in [4.69, 9.17) is 10.2 Å². The molecule has 0 unspecified atom stereocenters. The van der Waals surface area contributed by atoms with Crippen molar-refractivity contribution in [1.82, 2.24) is 10.6 Å². The molecule has 0 bridgehead atoms. The van der Waals surface area contributed by atoms with Crippen molar-refractivity contribution in [2.24, 2.45) is 0 Å². The van der Waals surface area contributed by atoms with Gasteiger partial charge in [0.25, 0.3) is 6.47 Å². The molecule has 0 aliphatic heterocycles. The van der Waals surface area contributed by atoms with Crippen molar-refractivity contribution < 1.29 is 34.1 Å². The first kappa shape index (κ1) is 17.7. The van der Waals surface area contributed by atoms with Gasteiger partial charge in [-0.25, -0.2) is 4.79 Å². The molecule has 9 heteroatoms. The van der Waals surface area contributed by atoms with Crippen LogP contribution in [0.5, 0.6) is 0 Å². The fourth-order valence-corrected chi connectivity index (χ4v) is 1.32. The van der Waals surface area contributed by atoms with Gasteiger partial charge in [-0.1, -0.05) is 0 Å². The quantitative estimate of drug-likeness (QED) is 0.325. The molecule has 114 valence electrons. The van der Waals surface area contributed by atoms with E-state index in [0.717, 1.165) is 0 Å². The third kappa shape index (κ3) is 9.68. The summed E-state index contributed by atoms with van der Waals surface area (Å²) in [7, 11) is 0. The van der Waals surface area contributed by atoms with Crippen LogP contribution in [0.3, 0.4) is 0 Å². The minimum Gasteiger partial charge on any atom is -0.481 e. The van der Waals surface area contributed by atoms with E-state index in [-0.39, 0.29) is 38.2 Å². The molecule has 0 saturated carbocycles. The van der Waals surface area contributed by atoms with Crippen LogP contribution in [0, 0.1) is 0 Å². The predicted octanol–water partition coefficient (Wildman–Crippen LogP) is -0.0972. The summed E-state index contributed by atoms with van der Waals surface area (Å²) in [6, 6.07) is -1.05. The zero-order valence-corrected chi connectivity index (χ0v) is 11.0. The first-order valence-corrected chi connectivity index (χ1v) is 5.94. The average molecular weight is 290 g/mol. The molecule has 2 amide bonds. The maximum atomic E-state index is 11.5. The van der Waals surface area contributed by atoms with E-state index in [2.05, 4.69) is 15.4 Å². The van der Waals surface area contributed by atoms with Gasteiger partial charge in [0, 0.05) is 18.9 Å². The van der Waals surface area contributed by atoms with Crippen LogP contribution in [-0.2, 0) is 19.1 Å². The molecule has 0 saturated heterocycles. The highest BCUT2D eigenvalue weighted by Gasteiger charge is 2.16. The molecule has 0 heterocycles. The van der Waals surface area contributed by atoms with E-state index >= 15 is 0 Å². The van der Waals surface area contributed by atoms with Crippen LogP contribution < -0.4 is 10.6 Å². The second-order valence-corrected chi connectivity index (χ2v) is 4.10. The molecule has 0 aliphatic carbocycles. The van der Waals surface area contributed by atoms with Gasteiger partial charge in [-0.05, 0) is 13.3 Å². The molecule has 0 aromatic rings. The molecule has 2 atom stereocenters. The molecule has 0 fully saturated rings. The largest absolute Gasteiger partial charge is 0.481 e. The standard InChI is InChI=1S/C11H18N2O7/c1-7(2-4-9(15)16)12-11(19)13-8(20-6-14)3-5-10(17)18/h6-8H,2-5H2,1H3,(H,15,16)(H,17,18)(H2,12,13,19)/t7-,8-/m1/s1. The number of ether oxygens (including phenoxy) is 1. The number of urea groups is 1. The number of hydrogen-bond donors (Lipinski definition) is 4. The van der Waals surface area contributed by atoms with E-state index in [9.17, 15) is 19.2 Å². The van der Waals surface area contributed by atoms with Crippen LogP contribution in [0.15, 0.2) is 0 Å². The topological polar surface area (TPSA) is 142 Å². The highest BCUT2D eigenvalue weighted by Crippen LogP contribution is 2.00. The highest BCUT2D eigenvalue weighted by atomic mass is 16.5. The monoisotopic (exact) mass is 290 g/mol. The van der Waals surface area contributed by atoms with Crippen molar-refractivity contribution >= 4 is 24.4 Å². The third-order valence-corrected chi connectivity index (χ3v) is 2.30. The SMILES string of the molecule is C[C@H](CCC(=O)O)NC(=O)N[C@@H](CCC(=O)O)OC=O. The van der Waals surface area contributed by atoms with Crippen molar-refractivity contribution in [2.75, 3.05) is 0 Å². The smallest absolute Gasteiger partial charge is 0.317 e. The molecule has 0 rings (SSSR count). The Labute approximate surface area is 115 Å². The number of hydrogen-bond acceptors (Lipinski definition) is 5. The second-order valence-electron chi connectivity index (χ2n) is 4.10. The van der Waals surface area contributed by atoms with Crippen LogP contribution >= 0.6 is 0 Å². The van der Waals surface area contributed by atoms with Crippen LogP contribution in [0.4, 0.5) is 4.79 Å². The number of aliphatic carboxylic acids is 2. The third-order valence-electron chi connectivity index (χ3n) is 2.30. The number of amides is 2. The molecule has 0 aromatic heterocycles. The summed E-state index contributed by atoms with van der Waals surface area (Å²) in [5.74, 6) is -2.05. The minimum atomic E-state index is -1.08. The summed E-state index contributed by atoms with van der Waals surface area (Å²) in [6.07, 6.45) is -1.22. The molecule has 4 N–H and O–H groups in total. The van der Waals surface area contributed by atoms with E-state index < -0.39 is 24.2 Å². The molecule has 9 nitrogen and oxygen atoms in total. The Morgan fingerprint density at radius 3 is 2.15 bits per heavy atom. The molecular weight excluding hydrogens is 272 g/mol. The fraction of sp³-hybridized carbons (Fsp3) is 0.636. The summed E-state index contributed by atoms with van der Waals surface area (Å²) in [4.78, 5) is 42.5. The van der Waals surface area contributed by atoms with Gasteiger partial charge < -0.3 is 25.6 Å². The van der Waals surface area contributed by atoms with Gasteiger partial charge in [0.1, 0.15) is 0 Å². The first-order valence-electron chi connectivity index (χ1n) is 5.94. The van der Waals surface area contributed by atoms with Crippen molar-refractivity contribution in [3.63, 3.8) is 0 Å². The number of nitrogens with one attached hydrogen (secondary N) is 2. The summed E-state index contributed by atoms with van der Waals surface area (Å²) in [5.41, 5.74) is 0. The van der Waals surface area contributed by atoms with Crippen molar-refractivity contribution in [2.45, 2.75) is 44.9 Å². The maximum absolute atomic E-state index is 11.5. The molecule has 0 aromatic carbocycles. The Morgan fingerprint density at radius 2 is 1.65 bits per heavy atom. The zero-order chi connectivity index (χ0) is 15.5. The Bertz CT molecular complexity index is 359. The van der Waals surface area contributed by atoms with Crippen LogP contribution in [0.25, 0.3) is 0 Å². The normalized spacial score (nSPS) is 12.8. The van der Waals surface area contributed by atoms with Gasteiger partial charge in [0.2, 0.25) is 0 Å². The van der Waals surface area contributed by atoms with Gasteiger partial charge in [0.15, 0.2) is 6.23 Å². The lowest BCUT2D eigenvalue weighted by Gasteiger charge is -2.19. The van der Waals surface area contributed by atoms with Crippen molar-refractivity contribution in [3.8, 4) is 0 Å². The molecule has 0 aliphatic rings. The Balaban J connectivity index is 4.13. The predicted molar refractivity (Wildman–Crippen MR) is 65.8 cm³/mol. The lowest BCUT2D eigenvalue weighted by atomic mass is 10.2. The van der Waals surface area contributed by atoms with Gasteiger partial charge in [-0.3, -0.25) is 14.4 Å². The van der Waals surface area contributed by atoms with Crippen molar-refractivity contribution in [1.29, 1.82) is 0 Å². The number of carbonyl (C=O) groups is 4. The van der Waals surface area contributed by atoms with Crippen LogP contribution in [-0.4, -0.2) is 46.9 Å². The van der Waals surface area contributed by atoms with Crippen molar-refractivity contribution in [3.05, 3.63) is 0 Å². The maximum Gasteiger partial charge on any atom is 0.317 e. The minimum absolute atomic E-state index is 0.0645. The van der Waals surface area contributed by atoms with E-state index in [1.54, 1.807) is 6.92 Å². The van der Waals surface area contributed by atoms with Gasteiger partial charge in [-0.2, -0.15) is 0 Å². The average Bonchev–Trinajstić information content (AvgIpc) is 2.33. The van der Waals surface area contributed by atoms with Gasteiger partial charge in [-0.15, -0.1) is 0 Å². The van der Waals surface area contributed by atoms with E-state index in [1.165, 1.54) is 0 Å². The molecular formula is C11H18N2O7. The number of carboxylic acid groups (broad SMARTS) is 2. The zero-order valence-electron chi connectivity index (χ0n) is 11.0. The van der Waals surface area contributed by atoms with Crippen LogP contribution in [0.2, 0.25) is 0 Å². The first-order chi connectivity index (χ1) is 9.35. The molecule has 0 radical (unpaired) electrons. The van der Waals surface area contributed by atoms with Gasteiger partial charge >= 0.3 is 18.0 Å². The lowest BCUT2D eigenvalue weighted by Crippen LogP contribution is -2.46. The van der Waals surface area contributed by atoms with Crippen LogP contribution in [0.1, 0.15) is 32.6 Å². The number of carbonyl (C=O) groups excluding carboxylic acids is 2. The van der Waals surface area contributed by atoms with E-state index in [0.29, 0.717) is 0 Å². The molecule has 20 heavy (non-hydrogen) atoms. The fourth-order valence-electron chi connectivity index (χ4n) is 1.32. The molecule has 0 spiro atoms. The summed E-state index contributed by atoms with van der Waals surface area (Å²) >= 11 is 0. The summed E-state index contributed by atoms with van der Waals surface area (Å²) in [6.45, 7) is 1.73. The number of rotatable bonds is 10. The summed E-state index contributed by atoms with van der Waals surface area (Å²) in [5, 5.41) is 21.7. The van der Waals surface area contributed by atoms with Gasteiger partial charge in [0.05, 0.1) is 6.42 Å². The Hall–Kier alpha value is -2.32. The lowest BCUT2D eigenvalue weighted by molar-refractivity contribution is -0.141. The number of carboxylic acids is 2. The Kier molecular flexibility index (Phi) is 8.48.